The highest BCUT2D eigenvalue weighted by Gasteiger charge is 2.20. The summed E-state index contributed by atoms with van der Waals surface area (Å²) in [6.07, 6.45) is 6.30. The van der Waals surface area contributed by atoms with E-state index in [1.807, 2.05) is 0 Å². The third kappa shape index (κ3) is 4.52. The minimum atomic E-state index is 0.645. The molecule has 0 unspecified atom stereocenters. The van der Waals surface area contributed by atoms with Gasteiger partial charge in [0.05, 0.1) is 0 Å². The summed E-state index contributed by atoms with van der Waals surface area (Å²) in [5.74, 6) is 0. The van der Waals surface area contributed by atoms with Crippen LogP contribution >= 0.6 is 0 Å². The molecule has 0 radical (unpaired) electrons. The number of hydrogen-bond acceptors (Lipinski definition) is 2. The molecule has 0 saturated carbocycles. The van der Waals surface area contributed by atoms with Gasteiger partial charge in [-0.15, -0.1) is 0 Å². The average molecular weight is 274 g/mol. The molecule has 112 valence electrons. The fourth-order valence-electron chi connectivity index (χ4n) is 2.94. The number of rotatable bonds is 6. The third-order valence-electron chi connectivity index (χ3n) is 4.40. The Morgan fingerprint density at radius 2 is 1.80 bits per heavy atom. The molecule has 2 rings (SSSR count). The lowest BCUT2D eigenvalue weighted by atomic mass is 10.0. The van der Waals surface area contributed by atoms with Crippen LogP contribution in [-0.2, 0) is 6.42 Å². The Kier molecular flexibility index (Phi) is 5.90. The van der Waals surface area contributed by atoms with Crippen LogP contribution in [0, 0.1) is 0 Å². The Bertz CT molecular complexity index is 375. The number of likely N-dealkylation sites (tertiary alicyclic amines) is 1. The maximum Gasteiger partial charge on any atom is 0.0342 e. The van der Waals surface area contributed by atoms with Crippen LogP contribution in [0.2, 0.25) is 0 Å². The second-order valence-corrected chi connectivity index (χ2v) is 6.35. The molecule has 2 nitrogen and oxygen atoms in total. The number of benzene rings is 1. The highest BCUT2D eigenvalue weighted by Crippen LogP contribution is 2.19. The van der Waals surface area contributed by atoms with E-state index >= 15 is 0 Å². The van der Waals surface area contributed by atoms with E-state index in [1.54, 1.807) is 0 Å². The summed E-state index contributed by atoms with van der Waals surface area (Å²) in [5, 5.41) is 3.70. The van der Waals surface area contributed by atoms with E-state index in [2.05, 4.69) is 55.3 Å². The predicted molar refractivity (Wildman–Crippen MR) is 88.4 cm³/mol. The molecule has 1 aromatic rings. The van der Waals surface area contributed by atoms with Gasteiger partial charge in [-0.3, -0.25) is 0 Å². The summed E-state index contributed by atoms with van der Waals surface area (Å²) >= 11 is 0. The number of nitrogens with one attached hydrogen (secondary N) is 1. The van der Waals surface area contributed by atoms with Crippen molar-refractivity contribution in [2.45, 2.75) is 65.0 Å². The number of anilines is 1. The normalized spacial score (nSPS) is 17.6. The number of nitrogens with zero attached hydrogens (tertiary/aromatic N) is 1. The molecule has 0 atom stereocenters. The van der Waals surface area contributed by atoms with E-state index in [-0.39, 0.29) is 0 Å². The number of hydrogen-bond donors (Lipinski definition) is 1. The van der Waals surface area contributed by atoms with Gasteiger partial charge in [0.1, 0.15) is 0 Å². The molecule has 0 spiro atoms. The first-order valence-electron chi connectivity index (χ1n) is 8.28. The first-order valence-corrected chi connectivity index (χ1v) is 8.28. The van der Waals surface area contributed by atoms with Crippen molar-refractivity contribution >= 4 is 5.69 Å². The van der Waals surface area contributed by atoms with Crippen molar-refractivity contribution in [1.29, 1.82) is 0 Å². The Balaban J connectivity index is 1.79. The minimum absolute atomic E-state index is 0.645. The lowest BCUT2D eigenvalue weighted by Crippen LogP contribution is -2.42. The van der Waals surface area contributed by atoms with Gasteiger partial charge in [0, 0.05) is 30.9 Å². The monoisotopic (exact) mass is 274 g/mol. The molecule has 20 heavy (non-hydrogen) atoms. The molecule has 1 fully saturated rings. The molecule has 1 heterocycles. The van der Waals surface area contributed by atoms with E-state index in [1.165, 1.54) is 56.4 Å². The number of piperidine rings is 1. The molecular weight excluding hydrogens is 244 g/mol. The number of unbranched alkanes of at least 4 members (excludes halogenated alkanes) is 1. The van der Waals surface area contributed by atoms with Gasteiger partial charge in [0.15, 0.2) is 0 Å². The largest absolute Gasteiger partial charge is 0.382 e. The maximum absolute atomic E-state index is 3.70. The molecule has 1 aliphatic heterocycles. The summed E-state index contributed by atoms with van der Waals surface area (Å²) in [6.45, 7) is 9.29. The van der Waals surface area contributed by atoms with Crippen LogP contribution in [0.15, 0.2) is 24.3 Å². The van der Waals surface area contributed by atoms with E-state index < -0.39 is 0 Å². The van der Waals surface area contributed by atoms with Gasteiger partial charge in [-0.05, 0) is 57.2 Å². The average Bonchev–Trinajstić information content (AvgIpc) is 2.47. The van der Waals surface area contributed by atoms with Crippen LogP contribution in [0.25, 0.3) is 0 Å². The lowest BCUT2D eigenvalue weighted by molar-refractivity contribution is 0.177. The molecule has 1 N–H and O–H groups in total. The van der Waals surface area contributed by atoms with Crippen molar-refractivity contribution in [3.63, 3.8) is 0 Å². The van der Waals surface area contributed by atoms with E-state index in [9.17, 15) is 0 Å². The van der Waals surface area contributed by atoms with E-state index in [4.69, 9.17) is 0 Å². The standard InChI is InChI=1S/C18H30N2/c1-4-5-6-16-7-9-17(10-8-16)19-18-11-13-20(14-12-18)15(2)3/h7-10,15,18-19H,4-6,11-14H2,1-3H3. The molecule has 0 amide bonds. The van der Waals surface area contributed by atoms with Crippen LogP contribution in [0.1, 0.15) is 52.0 Å². The quantitative estimate of drug-likeness (QED) is 0.831. The SMILES string of the molecule is CCCCc1ccc(NC2CCN(C(C)C)CC2)cc1. The van der Waals surface area contributed by atoms with E-state index in [0.29, 0.717) is 12.1 Å². The van der Waals surface area contributed by atoms with Gasteiger partial charge < -0.3 is 10.2 Å². The minimum Gasteiger partial charge on any atom is -0.382 e. The number of aryl methyl sites for hydroxylation is 1. The summed E-state index contributed by atoms with van der Waals surface area (Å²) in [5.41, 5.74) is 2.75. The van der Waals surface area contributed by atoms with Crippen LogP contribution in [-0.4, -0.2) is 30.1 Å². The molecule has 0 aliphatic carbocycles. The first kappa shape index (κ1) is 15.4. The third-order valence-corrected chi connectivity index (χ3v) is 4.40. The molecule has 1 aliphatic rings. The summed E-state index contributed by atoms with van der Waals surface area (Å²) in [7, 11) is 0. The fourth-order valence-corrected chi connectivity index (χ4v) is 2.94. The summed E-state index contributed by atoms with van der Waals surface area (Å²) in [4.78, 5) is 2.58. The van der Waals surface area contributed by atoms with Crippen LogP contribution in [0.3, 0.4) is 0 Å². The van der Waals surface area contributed by atoms with Crippen molar-refractivity contribution in [3.05, 3.63) is 29.8 Å². The molecule has 0 aromatic heterocycles. The van der Waals surface area contributed by atoms with Crippen molar-refractivity contribution in [2.24, 2.45) is 0 Å². The lowest BCUT2D eigenvalue weighted by Gasteiger charge is -2.35. The highest BCUT2D eigenvalue weighted by atomic mass is 15.2. The molecule has 0 bridgehead atoms. The van der Waals surface area contributed by atoms with Gasteiger partial charge in [-0.25, -0.2) is 0 Å². The molecule has 1 saturated heterocycles. The maximum atomic E-state index is 3.70. The summed E-state index contributed by atoms with van der Waals surface area (Å²) < 4.78 is 0. The Labute approximate surface area is 124 Å². The van der Waals surface area contributed by atoms with Crippen molar-refractivity contribution in [3.8, 4) is 0 Å². The zero-order chi connectivity index (χ0) is 14.4. The molecule has 1 aromatic carbocycles. The van der Waals surface area contributed by atoms with Gasteiger partial charge in [-0.1, -0.05) is 25.5 Å². The van der Waals surface area contributed by atoms with E-state index in [0.717, 1.165) is 0 Å². The zero-order valence-corrected chi connectivity index (χ0v) is 13.4. The Morgan fingerprint density at radius 1 is 1.15 bits per heavy atom. The Hall–Kier alpha value is -1.02. The second-order valence-electron chi connectivity index (χ2n) is 6.35. The van der Waals surface area contributed by atoms with Crippen molar-refractivity contribution < 1.29 is 0 Å². The van der Waals surface area contributed by atoms with Crippen LogP contribution in [0.4, 0.5) is 5.69 Å². The second kappa shape index (κ2) is 7.68. The van der Waals surface area contributed by atoms with Gasteiger partial charge in [0.2, 0.25) is 0 Å². The van der Waals surface area contributed by atoms with Crippen molar-refractivity contribution in [2.75, 3.05) is 18.4 Å². The van der Waals surface area contributed by atoms with Gasteiger partial charge in [0.25, 0.3) is 0 Å². The van der Waals surface area contributed by atoms with Crippen LogP contribution in [0.5, 0.6) is 0 Å². The predicted octanol–water partition coefficient (Wildman–Crippen LogP) is 4.31. The Morgan fingerprint density at radius 3 is 2.35 bits per heavy atom. The first-order chi connectivity index (χ1) is 9.69. The van der Waals surface area contributed by atoms with Gasteiger partial charge in [-0.2, -0.15) is 0 Å². The molecule has 2 heteroatoms. The van der Waals surface area contributed by atoms with Gasteiger partial charge >= 0.3 is 0 Å². The molecular formula is C18H30N2. The fraction of sp³-hybridized carbons (Fsp3) is 0.667. The smallest absolute Gasteiger partial charge is 0.0342 e. The van der Waals surface area contributed by atoms with Crippen LogP contribution < -0.4 is 5.32 Å². The summed E-state index contributed by atoms with van der Waals surface area (Å²) in [6, 6.07) is 10.4. The van der Waals surface area contributed by atoms with Crippen molar-refractivity contribution in [1.82, 2.24) is 4.90 Å². The zero-order valence-electron chi connectivity index (χ0n) is 13.4. The highest BCUT2D eigenvalue weighted by molar-refractivity contribution is 5.45. The topological polar surface area (TPSA) is 15.3 Å².